The van der Waals surface area contributed by atoms with E-state index in [1.165, 1.54) is 27.3 Å². The number of likely N-dealkylation sites (tertiary alicyclic amines) is 1. The fourth-order valence-electron chi connectivity index (χ4n) is 5.29. The minimum absolute atomic E-state index is 0.121. The van der Waals surface area contributed by atoms with Crippen LogP contribution < -0.4 is 11.0 Å². The predicted molar refractivity (Wildman–Crippen MR) is 118 cm³/mol. The van der Waals surface area contributed by atoms with Crippen molar-refractivity contribution in [3.63, 3.8) is 0 Å². The molecule has 1 N–H and O–H groups in total. The lowest BCUT2D eigenvalue weighted by Crippen LogP contribution is -2.48. The number of likely N-dealkylation sites (N-methyl/N-ethyl adjacent to an activating group) is 1. The van der Waals surface area contributed by atoms with Gasteiger partial charge in [0.05, 0.1) is 11.0 Å². The average molecular weight is 423 g/mol. The molecule has 1 unspecified atom stereocenters. The third-order valence-corrected chi connectivity index (χ3v) is 6.92. The van der Waals surface area contributed by atoms with E-state index in [9.17, 15) is 9.59 Å². The van der Waals surface area contributed by atoms with Gasteiger partial charge in [-0.3, -0.25) is 18.8 Å². The van der Waals surface area contributed by atoms with Crippen molar-refractivity contribution in [3.05, 3.63) is 70.1 Å². The summed E-state index contributed by atoms with van der Waals surface area (Å²) in [5.74, 6) is -2.05. The zero-order valence-corrected chi connectivity index (χ0v) is 17.7. The van der Waals surface area contributed by atoms with Crippen LogP contribution in [0.5, 0.6) is 0 Å². The molecular weight excluding hydrogens is 395 g/mol. The Morgan fingerprint density at radius 3 is 2.52 bits per heavy atom. The fourth-order valence-corrected chi connectivity index (χ4v) is 5.29. The summed E-state index contributed by atoms with van der Waals surface area (Å²) in [4.78, 5) is 27.6. The molecule has 162 valence electrons. The van der Waals surface area contributed by atoms with Crippen LogP contribution in [0.1, 0.15) is 36.4 Å². The van der Waals surface area contributed by atoms with E-state index < -0.39 is 11.5 Å². The summed E-state index contributed by atoms with van der Waals surface area (Å²) in [6.45, 7) is 1.07. The molecule has 1 aromatic heterocycles. The Balaban J connectivity index is 1.45. The van der Waals surface area contributed by atoms with E-state index in [0.29, 0.717) is 30.2 Å². The van der Waals surface area contributed by atoms with Crippen molar-refractivity contribution < 1.29 is 9.18 Å². The maximum Gasteiger partial charge on any atom is 0.332 e. The zero-order chi connectivity index (χ0) is 21.6. The Labute approximate surface area is 180 Å². The van der Waals surface area contributed by atoms with Crippen LogP contribution in [-0.2, 0) is 23.6 Å². The van der Waals surface area contributed by atoms with Gasteiger partial charge in [-0.25, -0.2) is 9.18 Å². The summed E-state index contributed by atoms with van der Waals surface area (Å²) in [5, 5.41) is 2.54. The third kappa shape index (κ3) is 3.28. The van der Waals surface area contributed by atoms with Crippen molar-refractivity contribution in [2.75, 3.05) is 20.1 Å². The van der Waals surface area contributed by atoms with E-state index in [0.717, 1.165) is 12.8 Å². The third-order valence-electron chi connectivity index (χ3n) is 6.92. The number of nitrogens with one attached hydrogen (secondary N) is 1. The largest absolute Gasteiger partial charge is 0.358 e. The van der Waals surface area contributed by atoms with Crippen molar-refractivity contribution in [1.29, 1.82) is 0 Å². The highest BCUT2D eigenvalue weighted by Crippen LogP contribution is 2.41. The minimum Gasteiger partial charge on any atom is -0.358 e. The highest BCUT2D eigenvalue weighted by molar-refractivity contribution is 5.81. The number of hydrogen-bond acceptors (Lipinski definition) is 3. The van der Waals surface area contributed by atoms with Gasteiger partial charge in [0.2, 0.25) is 5.91 Å². The smallest absolute Gasteiger partial charge is 0.332 e. The number of benzene rings is 2. The Morgan fingerprint density at radius 2 is 1.77 bits per heavy atom. The summed E-state index contributed by atoms with van der Waals surface area (Å²) >= 11 is 0. The van der Waals surface area contributed by atoms with Gasteiger partial charge >= 0.3 is 5.69 Å². The first-order valence-electron chi connectivity index (χ1n) is 10.9. The molecule has 0 bridgehead atoms. The molecule has 2 aliphatic rings. The lowest BCUT2D eigenvalue weighted by Gasteiger charge is -2.40. The lowest BCUT2D eigenvalue weighted by molar-refractivity contribution is -0.121. The van der Waals surface area contributed by atoms with Crippen molar-refractivity contribution in [3.8, 4) is 0 Å². The molecule has 1 aliphatic carbocycles. The van der Waals surface area contributed by atoms with Crippen molar-refractivity contribution in [1.82, 2.24) is 19.4 Å². The van der Waals surface area contributed by atoms with Crippen LogP contribution in [0.2, 0.25) is 0 Å². The van der Waals surface area contributed by atoms with Gasteiger partial charge in [0, 0.05) is 39.0 Å². The average Bonchev–Trinajstić information content (AvgIpc) is 3.34. The van der Waals surface area contributed by atoms with Crippen LogP contribution in [0.25, 0.3) is 11.0 Å². The van der Waals surface area contributed by atoms with Gasteiger partial charge in [-0.2, -0.15) is 0 Å². The number of imidazole rings is 1. The summed E-state index contributed by atoms with van der Waals surface area (Å²) in [5.41, 5.74) is 3.40. The molecule has 1 fully saturated rings. The summed E-state index contributed by atoms with van der Waals surface area (Å²) in [6.07, 6.45) is 2.62. The number of piperidine rings is 1. The number of nitrogens with zero attached hydrogens (tertiary/aromatic N) is 3. The SMILES string of the molecule is CNC(=O)Cn1c(=O)n(C2(F)CCN(C3CCc4ccccc43)CC2)c2ccccc21. The van der Waals surface area contributed by atoms with Gasteiger partial charge in [0.1, 0.15) is 6.54 Å². The van der Waals surface area contributed by atoms with Crippen LogP contribution in [0.15, 0.2) is 53.3 Å². The number of hydrogen-bond donors (Lipinski definition) is 1. The number of halogens is 1. The van der Waals surface area contributed by atoms with Gasteiger partial charge in [0.15, 0.2) is 5.79 Å². The van der Waals surface area contributed by atoms with E-state index in [1.54, 1.807) is 24.3 Å². The van der Waals surface area contributed by atoms with Gasteiger partial charge in [0.25, 0.3) is 0 Å². The molecule has 1 aliphatic heterocycles. The lowest BCUT2D eigenvalue weighted by atomic mass is 9.98. The number of amides is 1. The number of aryl methyl sites for hydroxylation is 1. The normalized spacial score (nSPS) is 20.6. The van der Waals surface area contributed by atoms with Gasteiger partial charge < -0.3 is 5.32 Å². The van der Waals surface area contributed by atoms with E-state index >= 15 is 4.39 Å². The molecule has 2 heterocycles. The minimum atomic E-state index is -1.76. The van der Waals surface area contributed by atoms with Crippen LogP contribution in [0, 0.1) is 0 Å². The molecule has 2 aromatic carbocycles. The molecule has 0 radical (unpaired) electrons. The Kier molecular flexibility index (Phi) is 4.93. The molecule has 31 heavy (non-hydrogen) atoms. The molecule has 5 rings (SSSR count). The molecule has 0 saturated carbocycles. The first-order chi connectivity index (χ1) is 15.0. The van der Waals surface area contributed by atoms with E-state index in [2.05, 4.69) is 34.5 Å². The Bertz CT molecular complexity index is 1190. The maximum absolute atomic E-state index is 16.3. The highest BCUT2D eigenvalue weighted by atomic mass is 19.1. The Hall–Kier alpha value is -2.93. The fraction of sp³-hybridized carbons (Fsp3) is 0.417. The van der Waals surface area contributed by atoms with Gasteiger partial charge in [-0.1, -0.05) is 36.4 Å². The summed E-state index contributed by atoms with van der Waals surface area (Å²) in [6, 6.07) is 16.0. The molecule has 6 nitrogen and oxygen atoms in total. The topological polar surface area (TPSA) is 59.3 Å². The second-order valence-corrected chi connectivity index (χ2v) is 8.57. The zero-order valence-electron chi connectivity index (χ0n) is 17.7. The number of aromatic nitrogens is 2. The highest BCUT2D eigenvalue weighted by Gasteiger charge is 2.42. The predicted octanol–water partition coefficient (Wildman–Crippen LogP) is 2.95. The number of rotatable bonds is 4. The number of carbonyl (C=O) groups excluding carboxylic acids is 1. The molecule has 7 heteroatoms. The van der Waals surface area contributed by atoms with Crippen molar-refractivity contribution in [2.24, 2.45) is 0 Å². The van der Waals surface area contributed by atoms with Crippen LogP contribution in [0.3, 0.4) is 0 Å². The molecule has 0 spiro atoms. The first kappa shape index (κ1) is 20.0. The molecule has 1 atom stereocenters. The number of carbonyl (C=O) groups is 1. The second kappa shape index (κ2) is 7.64. The maximum atomic E-state index is 16.3. The van der Waals surface area contributed by atoms with Crippen LogP contribution in [0.4, 0.5) is 4.39 Å². The van der Waals surface area contributed by atoms with E-state index in [-0.39, 0.29) is 25.3 Å². The second-order valence-electron chi connectivity index (χ2n) is 8.57. The van der Waals surface area contributed by atoms with Crippen molar-refractivity contribution >= 4 is 16.9 Å². The number of para-hydroxylation sites is 2. The Morgan fingerprint density at radius 1 is 1.10 bits per heavy atom. The summed E-state index contributed by atoms with van der Waals surface area (Å²) < 4.78 is 19.0. The monoisotopic (exact) mass is 422 g/mol. The van der Waals surface area contributed by atoms with E-state index in [4.69, 9.17) is 0 Å². The van der Waals surface area contributed by atoms with Crippen molar-refractivity contribution in [2.45, 2.75) is 44.1 Å². The standard InChI is InChI=1S/C24H27FN4O2/c1-26-22(30)16-28-20-8-4-5-9-21(20)29(23(28)31)24(25)12-14-27(15-13-24)19-11-10-17-6-2-3-7-18(17)19/h2-9,19H,10-16H2,1H3,(H,26,30). The number of alkyl halides is 1. The van der Waals surface area contributed by atoms with Gasteiger partial charge in [-0.05, 0) is 36.1 Å². The quantitative estimate of drug-likeness (QED) is 0.703. The molecule has 1 saturated heterocycles. The van der Waals surface area contributed by atoms with Crippen LogP contribution >= 0.6 is 0 Å². The summed E-state index contributed by atoms with van der Waals surface area (Å²) in [7, 11) is 1.53. The first-order valence-corrected chi connectivity index (χ1v) is 10.9. The molecular formula is C24H27FN4O2. The number of fused-ring (bicyclic) bond motifs is 2. The van der Waals surface area contributed by atoms with E-state index in [1.807, 2.05) is 0 Å². The van der Waals surface area contributed by atoms with Crippen LogP contribution in [-0.4, -0.2) is 40.1 Å². The molecule has 3 aromatic rings. The molecule has 1 amide bonds. The van der Waals surface area contributed by atoms with Gasteiger partial charge in [-0.15, -0.1) is 0 Å².